The van der Waals surface area contributed by atoms with Crippen LogP contribution in [-0.4, -0.2) is 61.5 Å². The fourth-order valence-electron chi connectivity index (χ4n) is 3.45. The SMILES string of the molecule is CCCN(CCC)C(=O)CN1CCC2CNCC2C1. The highest BCUT2D eigenvalue weighted by Gasteiger charge is 2.33. The molecule has 2 heterocycles. The summed E-state index contributed by atoms with van der Waals surface area (Å²) in [6.07, 6.45) is 3.37. The monoisotopic (exact) mass is 267 g/mol. The predicted molar refractivity (Wildman–Crippen MR) is 78.1 cm³/mol. The van der Waals surface area contributed by atoms with Crippen molar-refractivity contribution in [3.05, 3.63) is 0 Å². The van der Waals surface area contributed by atoms with Gasteiger partial charge < -0.3 is 10.2 Å². The zero-order valence-electron chi connectivity index (χ0n) is 12.5. The number of amides is 1. The Hall–Kier alpha value is -0.610. The molecule has 2 rings (SSSR count). The van der Waals surface area contributed by atoms with Crippen molar-refractivity contribution in [2.45, 2.75) is 33.1 Å². The molecule has 0 aromatic carbocycles. The number of carbonyl (C=O) groups excluding carboxylic acids is 1. The maximum Gasteiger partial charge on any atom is 0.236 e. The van der Waals surface area contributed by atoms with E-state index in [0.29, 0.717) is 12.5 Å². The predicted octanol–water partition coefficient (Wildman–Crippen LogP) is 1.18. The zero-order chi connectivity index (χ0) is 13.7. The highest BCUT2D eigenvalue weighted by Crippen LogP contribution is 2.26. The minimum atomic E-state index is 0.327. The molecule has 2 aliphatic rings. The number of rotatable bonds is 6. The first-order chi connectivity index (χ1) is 9.24. The van der Waals surface area contributed by atoms with Crippen molar-refractivity contribution < 1.29 is 4.79 Å². The molecule has 0 bridgehead atoms. The largest absolute Gasteiger partial charge is 0.342 e. The third-order valence-electron chi connectivity index (χ3n) is 4.49. The van der Waals surface area contributed by atoms with Crippen LogP contribution in [0.4, 0.5) is 0 Å². The summed E-state index contributed by atoms with van der Waals surface area (Å²) in [5.41, 5.74) is 0. The first-order valence-electron chi connectivity index (χ1n) is 7.95. The molecule has 4 nitrogen and oxygen atoms in total. The van der Waals surface area contributed by atoms with Crippen LogP contribution in [-0.2, 0) is 4.79 Å². The summed E-state index contributed by atoms with van der Waals surface area (Å²) in [5, 5.41) is 3.48. The van der Waals surface area contributed by atoms with Gasteiger partial charge in [0, 0.05) is 19.6 Å². The number of hydrogen-bond donors (Lipinski definition) is 1. The zero-order valence-corrected chi connectivity index (χ0v) is 12.5. The Morgan fingerprint density at radius 1 is 1.21 bits per heavy atom. The standard InChI is InChI=1S/C15H29N3O/c1-3-6-18(7-4-2)15(19)12-17-8-5-13-9-16-10-14(13)11-17/h13-14,16H,3-12H2,1-2H3. The molecule has 0 aromatic rings. The van der Waals surface area contributed by atoms with E-state index >= 15 is 0 Å². The van der Waals surface area contributed by atoms with Crippen molar-refractivity contribution in [1.82, 2.24) is 15.1 Å². The highest BCUT2D eigenvalue weighted by atomic mass is 16.2. The van der Waals surface area contributed by atoms with E-state index in [4.69, 9.17) is 0 Å². The minimum absolute atomic E-state index is 0.327. The van der Waals surface area contributed by atoms with Crippen molar-refractivity contribution in [3.63, 3.8) is 0 Å². The lowest BCUT2D eigenvalue weighted by molar-refractivity contribution is -0.133. The van der Waals surface area contributed by atoms with Gasteiger partial charge >= 0.3 is 0 Å². The molecule has 2 atom stereocenters. The fourth-order valence-corrected chi connectivity index (χ4v) is 3.45. The molecule has 2 fully saturated rings. The smallest absolute Gasteiger partial charge is 0.236 e. The van der Waals surface area contributed by atoms with Gasteiger partial charge in [0.2, 0.25) is 5.91 Å². The van der Waals surface area contributed by atoms with Crippen molar-refractivity contribution in [3.8, 4) is 0 Å². The van der Waals surface area contributed by atoms with Crippen LogP contribution in [0.3, 0.4) is 0 Å². The maximum atomic E-state index is 12.4. The van der Waals surface area contributed by atoms with E-state index in [-0.39, 0.29) is 0 Å². The molecule has 2 aliphatic heterocycles. The Balaban J connectivity index is 1.80. The molecule has 19 heavy (non-hydrogen) atoms. The van der Waals surface area contributed by atoms with Gasteiger partial charge in [-0.2, -0.15) is 0 Å². The Kier molecular flexibility index (Phi) is 5.64. The summed E-state index contributed by atoms with van der Waals surface area (Å²) in [6, 6.07) is 0. The molecule has 4 heteroatoms. The summed E-state index contributed by atoms with van der Waals surface area (Å²) < 4.78 is 0. The molecule has 0 saturated carbocycles. The van der Waals surface area contributed by atoms with Gasteiger partial charge in [0.25, 0.3) is 0 Å². The topological polar surface area (TPSA) is 35.6 Å². The van der Waals surface area contributed by atoms with E-state index < -0.39 is 0 Å². The molecular weight excluding hydrogens is 238 g/mol. The van der Waals surface area contributed by atoms with Crippen LogP contribution < -0.4 is 5.32 Å². The second-order valence-electron chi connectivity index (χ2n) is 6.08. The Morgan fingerprint density at radius 2 is 1.89 bits per heavy atom. The second kappa shape index (κ2) is 7.25. The molecule has 110 valence electrons. The molecule has 0 aliphatic carbocycles. The van der Waals surface area contributed by atoms with Gasteiger partial charge in [0.1, 0.15) is 0 Å². The lowest BCUT2D eigenvalue weighted by Gasteiger charge is -2.35. The van der Waals surface area contributed by atoms with E-state index in [1.54, 1.807) is 0 Å². The summed E-state index contributed by atoms with van der Waals surface area (Å²) in [5.74, 6) is 1.95. The maximum absolute atomic E-state index is 12.4. The average Bonchev–Trinajstić information content (AvgIpc) is 2.86. The number of fused-ring (bicyclic) bond motifs is 1. The van der Waals surface area contributed by atoms with Crippen molar-refractivity contribution in [1.29, 1.82) is 0 Å². The van der Waals surface area contributed by atoms with Gasteiger partial charge in [0.05, 0.1) is 6.54 Å². The van der Waals surface area contributed by atoms with Crippen LogP contribution >= 0.6 is 0 Å². The molecule has 1 amide bonds. The van der Waals surface area contributed by atoms with E-state index in [1.165, 1.54) is 13.0 Å². The Morgan fingerprint density at radius 3 is 2.58 bits per heavy atom. The van der Waals surface area contributed by atoms with Gasteiger partial charge in [-0.05, 0) is 50.7 Å². The second-order valence-corrected chi connectivity index (χ2v) is 6.08. The number of piperidine rings is 1. The normalized spacial score (nSPS) is 27.3. The first kappa shape index (κ1) is 14.8. The molecule has 1 N–H and O–H groups in total. The van der Waals surface area contributed by atoms with Crippen LogP contribution in [0, 0.1) is 11.8 Å². The van der Waals surface area contributed by atoms with Crippen molar-refractivity contribution >= 4 is 5.91 Å². The lowest BCUT2D eigenvalue weighted by Crippen LogP contribution is -2.46. The van der Waals surface area contributed by atoms with Gasteiger partial charge in [-0.25, -0.2) is 0 Å². The summed E-state index contributed by atoms with van der Waals surface area (Å²) in [4.78, 5) is 16.8. The molecule has 2 saturated heterocycles. The van der Waals surface area contributed by atoms with Crippen LogP contribution in [0.25, 0.3) is 0 Å². The molecule has 2 unspecified atom stereocenters. The number of likely N-dealkylation sites (tertiary alicyclic amines) is 1. The minimum Gasteiger partial charge on any atom is -0.342 e. The van der Waals surface area contributed by atoms with Gasteiger partial charge in [-0.3, -0.25) is 9.69 Å². The van der Waals surface area contributed by atoms with Crippen molar-refractivity contribution in [2.75, 3.05) is 45.8 Å². The van der Waals surface area contributed by atoms with Gasteiger partial charge in [0.15, 0.2) is 0 Å². The third-order valence-corrected chi connectivity index (χ3v) is 4.49. The van der Waals surface area contributed by atoms with Crippen LogP contribution in [0.1, 0.15) is 33.1 Å². The van der Waals surface area contributed by atoms with Crippen LogP contribution in [0.15, 0.2) is 0 Å². The van der Waals surface area contributed by atoms with Gasteiger partial charge in [-0.15, -0.1) is 0 Å². The Labute approximate surface area is 117 Å². The fraction of sp³-hybridized carbons (Fsp3) is 0.933. The van der Waals surface area contributed by atoms with E-state index in [1.807, 2.05) is 4.90 Å². The van der Waals surface area contributed by atoms with Crippen molar-refractivity contribution in [2.24, 2.45) is 11.8 Å². The molecule has 0 spiro atoms. The quantitative estimate of drug-likeness (QED) is 0.785. The number of carbonyl (C=O) groups is 1. The van der Waals surface area contributed by atoms with E-state index in [0.717, 1.165) is 57.4 Å². The Bertz CT molecular complexity index is 289. The average molecular weight is 267 g/mol. The lowest BCUT2D eigenvalue weighted by atomic mass is 9.89. The molecular formula is C15H29N3O. The summed E-state index contributed by atoms with van der Waals surface area (Å²) >= 11 is 0. The summed E-state index contributed by atoms with van der Waals surface area (Å²) in [6.45, 7) is 11.3. The van der Waals surface area contributed by atoms with E-state index in [2.05, 4.69) is 24.1 Å². The first-order valence-corrected chi connectivity index (χ1v) is 7.95. The molecule has 0 radical (unpaired) electrons. The third kappa shape index (κ3) is 3.93. The van der Waals surface area contributed by atoms with Crippen LogP contribution in [0.2, 0.25) is 0 Å². The number of nitrogens with zero attached hydrogens (tertiary/aromatic N) is 2. The van der Waals surface area contributed by atoms with Gasteiger partial charge in [-0.1, -0.05) is 13.8 Å². The van der Waals surface area contributed by atoms with E-state index in [9.17, 15) is 4.79 Å². The summed E-state index contributed by atoms with van der Waals surface area (Å²) in [7, 11) is 0. The number of nitrogens with one attached hydrogen (secondary N) is 1. The van der Waals surface area contributed by atoms with Crippen LogP contribution in [0.5, 0.6) is 0 Å². The number of hydrogen-bond acceptors (Lipinski definition) is 3. The highest BCUT2D eigenvalue weighted by molar-refractivity contribution is 5.78. The molecule has 0 aromatic heterocycles.